The summed E-state index contributed by atoms with van der Waals surface area (Å²) < 4.78 is 0. The Hall–Kier alpha value is -1.61. The Labute approximate surface area is 114 Å². The lowest BCUT2D eigenvalue weighted by atomic mass is 9.79. The standard InChI is InChI=1S/C16H21N3/c1-16(2,3)15-7-12(13-8-18-19-9-13)6-11-4-5-17-10-14(11)15/h6-9,17H,4-5,10H2,1-3H3,(H,18,19). The molecule has 2 N–H and O–H groups in total. The van der Waals surface area contributed by atoms with Gasteiger partial charge in [-0.2, -0.15) is 5.10 Å². The van der Waals surface area contributed by atoms with Crippen molar-refractivity contribution in [3.63, 3.8) is 0 Å². The first-order chi connectivity index (χ1) is 9.05. The third kappa shape index (κ3) is 2.30. The van der Waals surface area contributed by atoms with Crippen LogP contribution in [0.5, 0.6) is 0 Å². The van der Waals surface area contributed by atoms with Crippen LogP contribution in [-0.4, -0.2) is 16.7 Å². The van der Waals surface area contributed by atoms with Crippen LogP contribution in [0.1, 0.15) is 37.5 Å². The average molecular weight is 255 g/mol. The molecule has 3 heteroatoms. The molecule has 0 atom stereocenters. The van der Waals surface area contributed by atoms with Crippen LogP contribution >= 0.6 is 0 Å². The third-order valence-corrected chi connectivity index (χ3v) is 3.85. The van der Waals surface area contributed by atoms with Gasteiger partial charge < -0.3 is 5.32 Å². The predicted molar refractivity (Wildman–Crippen MR) is 78.1 cm³/mol. The molecule has 100 valence electrons. The van der Waals surface area contributed by atoms with E-state index in [1.807, 2.05) is 12.4 Å². The van der Waals surface area contributed by atoms with Crippen molar-refractivity contribution in [3.05, 3.63) is 41.2 Å². The summed E-state index contributed by atoms with van der Waals surface area (Å²) in [5.41, 5.74) is 7.05. The molecule has 3 rings (SSSR count). The van der Waals surface area contributed by atoms with Gasteiger partial charge in [-0.25, -0.2) is 0 Å². The van der Waals surface area contributed by atoms with Crippen molar-refractivity contribution in [2.75, 3.05) is 6.54 Å². The van der Waals surface area contributed by atoms with Gasteiger partial charge in [-0.3, -0.25) is 5.10 Å². The van der Waals surface area contributed by atoms with Gasteiger partial charge >= 0.3 is 0 Å². The fourth-order valence-electron chi connectivity index (χ4n) is 2.84. The number of nitrogens with one attached hydrogen (secondary N) is 2. The predicted octanol–water partition coefficient (Wildman–Crippen LogP) is 3.02. The molecule has 0 amide bonds. The lowest BCUT2D eigenvalue weighted by Gasteiger charge is -2.29. The van der Waals surface area contributed by atoms with Gasteiger partial charge in [0.05, 0.1) is 6.20 Å². The number of rotatable bonds is 1. The smallest absolute Gasteiger partial charge is 0.0565 e. The zero-order valence-corrected chi connectivity index (χ0v) is 11.9. The van der Waals surface area contributed by atoms with E-state index in [1.54, 1.807) is 0 Å². The molecule has 1 aromatic heterocycles. The Morgan fingerprint density at radius 1 is 1.16 bits per heavy atom. The highest BCUT2D eigenvalue weighted by Gasteiger charge is 2.23. The lowest BCUT2D eigenvalue weighted by Crippen LogP contribution is -2.27. The first kappa shape index (κ1) is 12.4. The molecule has 0 bridgehead atoms. The van der Waals surface area contributed by atoms with Crippen LogP contribution in [-0.2, 0) is 18.4 Å². The molecule has 0 saturated heterocycles. The Morgan fingerprint density at radius 3 is 2.68 bits per heavy atom. The molecule has 1 aromatic carbocycles. The van der Waals surface area contributed by atoms with Crippen LogP contribution in [0.3, 0.4) is 0 Å². The fourth-order valence-corrected chi connectivity index (χ4v) is 2.84. The van der Waals surface area contributed by atoms with Gasteiger partial charge in [-0.15, -0.1) is 0 Å². The summed E-state index contributed by atoms with van der Waals surface area (Å²) in [6.07, 6.45) is 4.98. The Kier molecular flexibility index (Phi) is 2.94. The highest BCUT2D eigenvalue weighted by Crippen LogP contribution is 2.34. The molecular weight excluding hydrogens is 234 g/mol. The van der Waals surface area contributed by atoms with Crippen molar-refractivity contribution in [2.24, 2.45) is 0 Å². The van der Waals surface area contributed by atoms with Gasteiger partial charge in [0, 0.05) is 18.3 Å². The van der Waals surface area contributed by atoms with Gasteiger partial charge in [-0.05, 0) is 40.6 Å². The third-order valence-electron chi connectivity index (χ3n) is 3.85. The van der Waals surface area contributed by atoms with Gasteiger partial charge in [0.25, 0.3) is 0 Å². The summed E-state index contributed by atoms with van der Waals surface area (Å²) in [6.45, 7) is 8.93. The van der Waals surface area contributed by atoms with E-state index in [1.165, 1.54) is 27.8 Å². The second kappa shape index (κ2) is 4.49. The van der Waals surface area contributed by atoms with Crippen LogP contribution in [0.2, 0.25) is 0 Å². The van der Waals surface area contributed by atoms with E-state index in [0.717, 1.165) is 19.5 Å². The molecule has 0 fully saturated rings. The molecule has 0 aliphatic carbocycles. The Morgan fingerprint density at radius 2 is 2.00 bits per heavy atom. The number of fused-ring (bicyclic) bond motifs is 1. The molecular formula is C16H21N3. The summed E-state index contributed by atoms with van der Waals surface area (Å²) in [4.78, 5) is 0. The van der Waals surface area contributed by atoms with Crippen LogP contribution < -0.4 is 5.32 Å². The Balaban J connectivity index is 2.19. The normalized spacial score (nSPS) is 15.3. The minimum Gasteiger partial charge on any atom is -0.312 e. The summed E-state index contributed by atoms with van der Waals surface area (Å²) in [7, 11) is 0. The first-order valence-corrected chi connectivity index (χ1v) is 6.92. The number of H-pyrrole nitrogens is 1. The monoisotopic (exact) mass is 255 g/mol. The van der Waals surface area contributed by atoms with E-state index < -0.39 is 0 Å². The van der Waals surface area contributed by atoms with Gasteiger partial charge in [0.15, 0.2) is 0 Å². The van der Waals surface area contributed by atoms with E-state index in [2.05, 4.69) is 48.4 Å². The second-order valence-corrected chi connectivity index (χ2v) is 6.33. The number of nitrogens with zero attached hydrogens (tertiary/aromatic N) is 1. The van der Waals surface area contributed by atoms with Crippen LogP contribution in [0.4, 0.5) is 0 Å². The maximum atomic E-state index is 4.07. The molecule has 2 heterocycles. The summed E-state index contributed by atoms with van der Waals surface area (Å²) >= 11 is 0. The molecule has 0 radical (unpaired) electrons. The number of benzene rings is 1. The topological polar surface area (TPSA) is 40.7 Å². The fraction of sp³-hybridized carbons (Fsp3) is 0.438. The summed E-state index contributed by atoms with van der Waals surface area (Å²) in [6, 6.07) is 4.66. The van der Waals surface area contributed by atoms with E-state index in [9.17, 15) is 0 Å². The van der Waals surface area contributed by atoms with Crippen LogP contribution in [0.25, 0.3) is 11.1 Å². The molecule has 1 aliphatic heterocycles. The molecule has 0 saturated carbocycles. The van der Waals surface area contributed by atoms with E-state index in [0.29, 0.717) is 0 Å². The van der Waals surface area contributed by atoms with Crippen molar-refractivity contribution in [3.8, 4) is 11.1 Å². The van der Waals surface area contributed by atoms with Crippen molar-refractivity contribution in [2.45, 2.75) is 39.2 Å². The maximum absolute atomic E-state index is 4.07. The zero-order chi connectivity index (χ0) is 13.5. The van der Waals surface area contributed by atoms with Crippen molar-refractivity contribution < 1.29 is 0 Å². The largest absolute Gasteiger partial charge is 0.312 e. The highest BCUT2D eigenvalue weighted by molar-refractivity contribution is 5.66. The molecule has 3 nitrogen and oxygen atoms in total. The second-order valence-electron chi connectivity index (χ2n) is 6.33. The summed E-state index contributed by atoms with van der Waals surface area (Å²) in [5.74, 6) is 0. The van der Waals surface area contributed by atoms with E-state index in [-0.39, 0.29) is 5.41 Å². The quantitative estimate of drug-likeness (QED) is 0.822. The SMILES string of the molecule is CC(C)(C)c1cc(-c2cn[nH]c2)cc2c1CNCC2. The minimum atomic E-state index is 0.169. The number of aromatic amines is 1. The highest BCUT2D eigenvalue weighted by atomic mass is 15.1. The van der Waals surface area contributed by atoms with E-state index >= 15 is 0 Å². The summed E-state index contributed by atoms with van der Waals surface area (Å²) in [5, 5.41) is 10.5. The van der Waals surface area contributed by atoms with Crippen molar-refractivity contribution in [1.29, 1.82) is 0 Å². The average Bonchev–Trinajstić information content (AvgIpc) is 2.90. The Bertz CT molecular complexity index is 577. The number of hydrogen-bond donors (Lipinski definition) is 2. The minimum absolute atomic E-state index is 0.169. The molecule has 2 aromatic rings. The molecule has 1 aliphatic rings. The van der Waals surface area contributed by atoms with Crippen molar-refractivity contribution in [1.82, 2.24) is 15.5 Å². The van der Waals surface area contributed by atoms with Crippen LogP contribution in [0.15, 0.2) is 24.5 Å². The molecule has 0 unspecified atom stereocenters. The zero-order valence-electron chi connectivity index (χ0n) is 11.9. The van der Waals surface area contributed by atoms with Crippen molar-refractivity contribution >= 4 is 0 Å². The van der Waals surface area contributed by atoms with Gasteiger partial charge in [0.2, 0.25) is 0 Å². The lowest BCUT2D eigenvalue weighted by molar-refractivity contribution is 0.560. The van der Waals surface area contributed by atoms with Gasteiger partial charge in [0.1, 0.15) is 0 Å². The first-order valence-electron chi connectivity index (χ1n) is 6.92. The number of aromatic nitrogens is 2. The van der Waals surface area contributed by atoms with E-state index in [4.69, 9.17) is 0 Å². The molecule has 19 heavy (non-hydrogen) atoms. The molecule has 0 spiro atoms. The van der Waals surface area contributed by atoms with Crippen LogP contribution in [0, 0.1) is 0 Å². The van der Waals surface area contributed by atoms with Gasteiger partial charge in [-0.1, -0.05) is 32.9 Å². The maximum Gasteiger partial charge on any atom is 0.0565 e. The number of hydrogen-bond acceptors (Lipinski definition) is 2.